The van der Waals surface area contributed by atoms with Gasteiger partial charge in [0.25, 0.3) is 0 Å². The predicted octanol–water partition coefficient (Wildman–Crippen LogP) is 5.85. The van der Waals surface area contributed by atoms with E-state index in [0.29, 0.717) is 6.42 Å². The third-order valence-corrected chi connectivity index (χ3v) is 5.50. The number of carbonyl (C=O) groups excluding carboxylic acids is 3. The largest absolute Gasteiger partial charge is 0.461 e. The van der Waals surface area contributed by atoms with Crippen LogP contribution >= 0.6 is 15.9 Å². The topological polar surface area (TPSA) is 81.7 Å². The zero-order valence-electron chi connectivity index (χ0n) is 20.4. The van der Waals surface area contributed by atoms with Gasteiger partial charge in [-0.3, -0.25) is 9.59 Å². The lowest BCUT2D eigenvalue weighted by molar-refractivity contribution is -0.159. The van der Waals surface area contributed by atoms with Gasteiger partial charge in [-0.1, -0.05) is 78.4 Å². The summed E-state index contributed by atoms with van der Waals surface area (Å²) >= 11 is 3.44. The Kier molecular flexibility index (Phi) is 14.7. The van der Waals surface area contributed by atoms with Crippen molar-refractivity contribution in [3.05, 3.63) is 35.9 Å². The normalized spacial score (nSPS) is 12.1. The quantitative estimate of drug-likeness (QED) is 0.166. The van der Waals surface area contributed by atoms with Crippen LogP contribution < -0.4 is 5.32 Å². The zero-order chi connectivity index (χ0) is 24.5. The maximum atomic E-state index is 12.6. The molecule has 7 heteroatoms. The maximum Gasteiger partial charge on any atom is 0.329 e. The smallest absolute Gasteiger partial charge is 0.329 e. The average Bonchev–Trinajstić information content (AvgIpc) is 2.76. The van der Waals surface area contributed by atoms with E-state index in [4.69, 9.17) is 9.47 Å². The van der Waals surface area contributed by atoms with E-state index in [9.17, 15) is 14.4 Å². The fourth-order valence-electron chi connectivity index (χ4n) is 3.22. The van der Waals surface area contributed by atoms with E-state index in [0.717, 1.165) is 30.2 Å². The van der Waals surface area contributed by atoms with Crippen LogP contribution in [0.5, 0.6) is 0 Å². The fourth-order valence-corrected chi connectivity index (χ4v) is 3.62. The summed E-state index contributed by atoms with van der Waals surface area (Å²) in [4.78, 5) is 37.2. The average molecular weight is 527 g/mol. The molecule has 0 aromatic heterocycles. The summed E-state index contributed by atoms with van der Waals surface area (Å²) in [6, 6.07) is 8.53. The van der Waals surface area contributed by atoms with Gasteiger partial charge in [0.15, 0.2) is 0 Å². The highest BCUT2D eigenvalue weighted by atomic mass is 79.9. The molecule has 0 aliphatic rings. The maximum absolute atomic E-state index is 12.6. The van der Waals surface area contributed by atoms with Crippen molar-refractivity contribution in [2.45, 2.75) is 103 Å². The van der Waals surface area contributed by atoms with E-state index in [2.05, 4.69) is 21.2 Å². The summed E-state index contributed by atoms with van der Waals surface area (Å²) < 4.78 is 10.7. The molecule has 1 rings (SSSR count). The number of halogens is 1. The molecule has 6 nitrogen and oxygen atoms in total. The second-order valence-electron chi connectivity index (χ2n) is 9.25. The number of hydrogen-bond donors (Lipinski definition) is 1. The molecule has 0 radical (unpaired) electrons. The number of hydrogen-bond acceptors (Lipinski definition) is 5. The fraction of sp³-hybridized carbons (Fsp3) is 0.654. The highest BCUT2D eigenvalue weighted by Gasteiger charge is 2.27. The van der Waals surface area contributed by atoms with Gasteiger partial charge in [0.1, 0.15) is 18.2 Å². The standard InChI is InChI=1S/C26H40BrNO5/c1-26(2,3)33-25(31)22(17-18-24(30)32-20-21-14-10-9-11-15-21)28-23(29)16-12-7-5-4-6-8-13-19-27/h9-11,14-15,22H,4-8,12-13,16-20H2,1-3H3,(H,28,29). The number of carbonyl (C=O) groups is 3. The minimum atomic E-state index is -0.870. The molecule has 1 amide bonds. The molecule has 33 heavy (non-hydrogen) atoms. The number of nitrogens with one attached hydrogen (secondary N) is 1. The molecule has 1 aromatic rings. The summed E-state index contributed by atoms with van der Waals surface area (Å²) in [5, 5.41) is 3.81. The van der Waals surface area contributed by atoms with Gasteiger partial charge >= 0.3 is 11.9 Å². The van der Waals surface area contributed by atoms with Crippen molar-refractivity contribution in [1.29, 1.82) is 0 Å². The number of amides is 1. The number of ether oxygens (including phenoxy) is 2. The number of benzene rings is 1. The van der Waals surface area contributed by atoms with Crippen LogP contribution in [0.15, 0.2) is 30.3 Å². The first-order valence-electron chi connectivity index (χ1n) is 12.0. The lowest BCUT2D eigenvalue weighted by atomic mass is 10.1. The number of alkyl halides is 1. The van der Waals surface area contributed by atoms with Crippen molar-refractivity contribution in [1.82, 2.24) is 5.32 Å². The molecule has 0 saturated carbocycles. The molecular weight excluding hydrogens is 486 g/mol. The Labute approximate surface area is 207 Å². The minimum absolute atomic E-state index is 0.0193. The van der Waals surface area contributed by atoms with Crippen molar-refractivity contribution >= 4 is 33.8 Å². The van der Waals surface area contributed by atoms with Gasteiger partial charge < -0.3 is 14.8 Å². The molecule has 0 spiro atoms. The molecule has 0 saturated heterocycles. The first kappa shape index (κ1) is 29.1. The van der Waals surface area contributed by atoms with Gasteiger partial charge in [-0.15, -0.1) is 0 Å². The van der Waals surface area contributed by atoms with Crippen LogP contribution in [0.3, 0.4) is 0 Å². The Balaban J connectivity index is 2.43. The molecule has 1 N–H and O–H groups in total. The Morgan fingerprint density at radius 2 is 1.52 bits per heavy atom. The van der Waals surface area contributed by atoms with Crippen LogP contribution in [0, 0.1) is 0 Å². The summed E-state index contributed by atoms with van der Waals surface area (Å²) in [5.74, 6) is -1.14. The van der Waals surface area contributed by atoms with Crippen molar-refractivity contribution in [3.8, 4) is 0 Å². The van der Waals surface area contributed by atoms with E-state index in [-0.39, 0.29) is 25.4 Å². The highest BCUT2D eigenvalue weighted by molar-refractivity contribution is 9.09. The van der Waals surface area contributed by atoms with Crippen molar-refractivity contribution in [2.24, 2.45) is 0 Å². The van der Waals surface area contributed by atoms with Crippen molar-refractivity contribution in [2.75, 3.05) is 5.33 Å². The van der Waals surface area contributed by atoms with Gasteiger partial charge in [0.05, 0.1) is 0 Å². The predicted molar refractivity (Wildman–Crippen MR) is 134 cm³/mol. The minimum Gasteiger partial charge on any atom is -0.461 e. The Bertz CT molecular complexity index is 702. The van der Waals surface area contributed by atoms with Gasteiger partial charge in [0.2, 0.25) is 5.91 Å². The van der Waals surface area contributed by atoms with Gasteiger partial charge in [-0.25, -0.2) is 4.79 Å². The van der Waals surface area contributed by atoms with Crippen LogP contribution in [0.1, 0.15) is 90.5 Å². The molecule has 0 bridgehead atoms. The second kappa shape index (κ2) is 16.7. The van der Waals surface area contributed by atoms with Crippen LogP contribution in [-0.2, 0) is 30.5 Å². The molecule has 1 aromatic carbocycles. The van der Waals surface area contributed by atoms with E-state index < -0.39 is 23.6 Å². The SMILES string of the molecule is CC(C)(C)OC(=O)C(CCC(=O)OCc1ccccc1)NC(=O)CCCCCCCCCBr. The molecule has 0 aliphatic heterocycles. The Morgan fingerprint density at radius 1 is 0.909 bits per heavy atom. The van der Waals surface area contributed by atoms with Gasteiger partial charge in [-0.05, 0) is 45.6 Å². The van der Waals surface area contributed by atoms with Crippen LogP contribution in [0.25, 0.3) is 0 Å². The van der Waals surface area contributed by atoms with Crippen LogP contribution in [0.4, 0.5) is 0 Å². The molecule has 0 fully saturated rings. The first-order valence-corrected chi connectivity index (χ1v) is 13.1. The monoisotopic (exact) mass is 525 g/mol. The zero-order valence-corrected chi connectivity index (χ0v) is 22.0. The van der Waals surface area contributed by atoms with Gasteiger partial charge in [-0.2, -0.15) is 0 Å². The lowest BCUT2D eigenvalue weighted by Crippen LogP contribution is -2.44. The Morgan fingerprint density at radius 3 is 2.12 bits per heavy atom. The summed E-state index contributed by atoms with van der Waals surface area (Å²) in [7, 11) is 0. The van der Waals surface area contributed by atoms with E-state index in [1.165, 1.54) is 25.7 Å². The van der Waals surface area contributed by atoms with Crippen molar-refractivity contribution < 1.29 is 23.9 Å². The molecule has 1 atom stereocenters. The number of unbranched alkanes of at least 4 members (excludes halogenated alkanes) is 6. The summed E-state index contributed by atoms with van der Waals surface area (Å²) in [5.41, 5.74) is 0.217. The van der Waals surface area contributed by atoms with Crippen LogP contribution in [0.2, 0.25) is 0 Å². The molecule has 0 aliphatic carbocycles. The first-order chi connectivity index (χ1) is 15.7. The third kappa shape index (κ3) is 15.6. The van der Waals surface area contributed by atoms with E-state index in [1.54, 1.807) is 20.8 Å². The molecular formula is C26H40BrNO5. The summed E-state index contributed by atoms with van der Waals surface area (Å²) in [6.45, 7) is 5.50. The highest BCUT2D eigenvalue weighted by Crippen LogP contribution is 2.13. The van der Waals surface area contributed by atoms with Crippen molar-refractivity contribution in [3.63, 3.8) is 0 Å². The van der Waals surface area contributed by atoms with E-state index >= 15 is 0 Å². The molecule has 1 unspecified atom stereocenters. The second-order valence-corrected chi connectivity index (χ2v) is 10.0. The Hall–Kier alpha value is -1.89. The molecule has 186 valence electrons. The van der Waals surface area contributed by atoms with Gasteiger partial charge in [0, 0.05) is 18.2 Å². The summed E-state index contributed by atoms with van der Waals surface area (Å²) in [6.07, 6.45) is 8.24. The lowest BCUT2D eigenvalue weighted by Gasteiger charge is -2.24. The number of esters is 2. The number of rotatable bonds is 16. The molecule has 0 heterocycles. The third-order valence-electron chi connectivity index (χ3n) is 4.94. The van der Waals surface area contributed by atoms with Crippen LogP contribution in [-0.4, -0.2) is 34.8 Å². The van der Waals surface area contributed by atoms with E-state index in [1.807, 2.05) is 30.3 Å².